The zero-order valence-electron chi connectivity index (χ0n) is 21.3. The third-order valence-electron chi connectivity index (χ3n) is 5.95. The first kappa shape index (κ1) is 34.5. The van der Waals surface area contributed by atoms with Gasteiger partial charge >= 0.3 is 29.6 Å². The van der Waals surface area contributed by atoms with E-state index in [1.807, 2.05) is 4.72 Å². The van der Waals surface area contributed by atoms with Crippen LogP contribution in [0.2, 0.25) is 0 Å². The van der Waals surface area contributed by atoms with Crippen LogP contribution in [-0.4, -0.2) is 26.7 Å². The fourth-order valence-corrected chi connectivity index (χ4v) is 5.03. The summed E-state index contributed by atoms with van der Waals surface area (Å²) in [7, 11) is -3.47. The molecule has 0 saturated carbocycles. The molecule has 186 valence electrons. The van der Waals surface area contributed by atoms with Crippen molar-refractivity contribution in [3.63, 3.8) is 0 Å². The standard InChI is InChI=1S/C25H51NO4S.Na/c1-2-3-4-5-6-7-8-9-10-11-12-13-14-15-16-17-18-19-20-21-22-23-31(29,30)26-24-25(27)28;/h26H,2-24H2,1H3,(H,27,28);/q;+1/p-1. The van der Waals surface area contributed by atoms with Crippen LogP contribution < -0.4 is 39.4 Å². The fourth-order valence-electron chi connectivity index (χ4n) is 3.97. The van der Waals surface area contributed by atoms with Crippen LogP contribution in [0.4, 0.5) is 0 Å². The molecule has 0 aromatic rings. The molecule has 0 amide bonds. The Bertz CT molecular complexity index is 500. The molecule has 7 heteroatoms. The van der Waals surface area contributed by atoms with Crippen molar-refractivity contribution in [2.75, 3.05) is 12.3 Å². The van der Waals surface area contributed by atoms with Gasteiger partial charge in [0, 0.05) is 0 Å². The van der Waals surface area contributed by atoms with E-state index < -0.39 is 22.5 Å². The topological polar surface area (TPSA) is 86.3 Å². The van der Waals surface area contributed by atoms with E-state index in [2.05, 4.69) is 6.92 Å². The van der Waals surface area contributed by atoms with Crippen LogP contribution in [0.1, 0.15) is 142 Å². The van der Waals surface area contributed by atoms with E-state index in [0.717, 1.165) is 19.3 Å². The van der Waals surface area contributed by atoms with Gasteiger partial charge < -0.3 is 9.90 Å². The summed E-state index contributed by atoms with van der Waals surface area (Å²) < 4.78 is 25.1. The minimum atomic E-state index is -3.47. The van der Waals surface area contributed by atoms with Crippen LogP contribution in [-0.2, 0) is 14.8 Å². The number of hydrogen-bond donors (Lipinski definition) is 1. The van der Waals surface area contributed by atoms with E-state index in [9.17, 15) is 18.3 Å². The van der Waals surface area contributed by atoms with Gasteiger partial charge in [0.25, 0.3) is 0 Å². The summed E-state index contributed by atoms with van der Waals surface area (Å²) in [4.78, 5) is 10.3. The third kappa shape index (κ3) is 28.4. The minimum absolute atomic E-state index is 0. The summed E-state index contributed by atoms with van der Waals surface area (Å²) in [5.41, 5.74) is 0. The van der Waals surface area contributed by atoms with Crippen molar-refractivity contribution in [2.45, 2.75) is 142 Å². The average molecular weight is 484 g/mol. The molecular formula is C25H50NNaO4S. The largest absolute Gasteiger partial charge is 1.00 e. The molecule has 0 aromatic carbocycles. The van der Waals surface area contributed by atoms with Crippen LogP contribution in [0.25, 0.3) is 0 Å². The van der Waals surface area contributed by atoms with Gasteiger partial charge in [-0.1, -0.05) is 135 Å². The van der Waals surface area contributed by atoms with Gasteiger partial charge in [-0.15, -0.1) is 0 Å². The Kier molecular flexibility index (Phi) is 28.1. The third-order valence-corrected chi connectivity index (χ3v) is 7.36. The molecule has 5 nitrogen and oxygen atoms in total. The van der Waals surface area contributed by atoms with Crippen molar-refractivity contribution in [1.29, 1.82) is 0 Å². The molecule has 0 radical (unpaired) electrons. The van der Waals surface area contributed by atoms with Crippen molar-refractivity contribution in [1.82, 2.24) is 4.72 Å². The van der Waals surface area contributed by atoms with Gasteiger partial charge in [-0.05, 0) is 6.42 Å². The monoisotopic (exact) mass is 483 g/mol. The first-order valence-electron chi connectivity index (χ1n) is 13.1. The Hall–Kier alpha value is 0.380. The van der Waals surface area contributed by atoms with Crippen LogP contribution in [0, 0.1) is 0 Å². The molecule has 32 heavy (non-hydrogen) atoms. The summed E-state index contributed by atoms with van der Waals surface area (Å²) >= 11 is 0. The molecule has 0 aliphatic heterocycles. The molecule has 0 saturated heterocycles. The zero-order chi connectivity index (χ0) is 23.0. The van der Waals surface area contributed by atoms with Crippen molar-refractivity contribution in [3.05, 3.63) is 0 Å². The van der Waals surface area contributed by atoms with E-state index in [1.54, 1.807) is 0 Å². The maximum absolute atomic E-state index is 11.5. The van der Waals surface area contributed by atoms with Gasteiger partial charge in [0.05, 0.1) is 18.3 Å². The Labute approximate surface area is 221 Å². The molecule has 0 aromatic heterocycles. The van der Waals surface area contributed by atoms with Gasteiger partial charge in [0.2, 0.25) is 10.0 Å². The maximum atomic E-state index is 11.5. The molecule has 0 unspecified atom stereocenters. The molecule has 0 aliphatic rings. The number of hydrogen-bond acceptors (Lipinski definition) is 4. The predicted octanol–water partition coefficient (Wildman–Crippen LogP) is 2.87. The number of unbranched alkanes of at least 4 members (excludes halogenated alkanes) is 20. The van der Waals surface area contributed by atoms with Crippen LogP contribution in [0.3, 0.4) is 0 Å². The second-order valence-corrected chi connectivity index (χ2v) is 11.0. The maximum Gasteiger partial charge on any atom is 1.00 e. The van der Waals surface area contributed by atoms with E-state index in [0.29, 0.717) is 6.42 Å². The van der Waals surface area contributed by atoms with Crippen molar-refractivity contribution >= 4 is 16.0 Å². The molecule has 0 aliphatic carbocycles. The summed E-state index contributed by atoms with van der Waals surface area (Å²) in [5, 5.41) is 10.3. The predicted molar refractivity (Wildman–Crippen MR) is 129 cm³/mol. The van der Waals surface area contributed by atoms with Gasteiger partial charge in [0.1, 0.15) is 0 Å². The van der Waals surface area contributed by atoms with E-state index in [-0.39, 0.29) is 35.3 Å². The van der Waals surface area contributed by atoms with Crippen molar-refractivity contribution in [3.8, 4) is 0 Å². The van der Waals surface area contributed by atoms with Crippen molar-refractivity contribution in [2.24, 2.45) is 0 Å². The zero-order valence-corrected chi connectivity index (χ0v) is 24.1. The number of carboxylic acids is 1. The van der Waals surface area contributed by atoms with E-state index in [1.165, 1.54) is 109 Å². The molecular weight excluding hydrogens is 433 g/mol. The first-order valence-corrected chi connectivity index (χ1v) is 14.8. The van der Waals surface area contributed by atoms with Gasteiger partial charge in [0.15, 0.2) is 0 Å². The minimum Gasteiger partial charge on any atom is -0.549 e. The molecule has 0 atom stereocenters. The number of nitrogens with one attached hydrogen (secondary N) is 1. The summed E-state index contributed by atoms with van der Waals surface area (Å²) in [6.07, 6.45) is 27.2. The molecule has 0 heterocycles. The van der Waals surface area contributed by atoms with Crippen LogP contribution in [0.15, 0.2) is 0 Å². The second kappa shape index (κ2) is 26.0. The summed E-state index contributed by atoms with van der Waals surface area (Å²) in [5.74, 6) is -1.40. The SMILES string of the molecule is CCCCCCCCCCCCCCCCCCCCCCCS(=O)(=O)NCC(=O)[O-].[Na+]. The Morgan fingerprint density at radius 2 is 0.875 bits per heavy atom. The quantitative estimate of drug-likeness (QED) is 0.160. The van der Waals surface area contributed by atoms with Crippen LogP contribution in [0.5, 0.6) is 0 Å². The average Bonchev–Trinajstić information content (AvgIpc) is 2.73. The molecule has 0 spiro atoms. The second-order valence-electron chi connectivity index (χ2n) is 9.08. The number of carbonyl (C=O) groups is 1. The number of carboxylic acid groups (broad SMARTS) is 1. The van der Waals surface area contributed by atoms with E-state index in [4.69, 9.17) is 0 Å². The number of sulfonamides is 1. The van der Waals surface area contributed by atoms with Gasteiger partial charge in [-0.25, -0.2) is 13.1 Å². The van der Waals surface area contributed by atoms with Gasteiger partial charge in [-0.3, -0.25) is 0 Å². The smallest absolute Gasteiger partial charge is 0.549 e. The van der Waals surface area contributed by atoms with Gasteiger partial charge in [-0.2, -0.15) is 0 Å². The number of rotatable bonds is 25. The van der Waals surface area contributed by atoms with E-state index >= 15 is 0 Å². The number of aliphatic carboxylic acids is 1. The first-order chi connectivity index (χ1) is 15.0. The molecule has 0 bridgehead atoms. The fraction of sp³-hybridized carbons (Fsp3) is 0.960. The summed E-state index contributed by atoms with van der Waals surface area (Å²) in [6.45, 7) is 1.64. The Balaban J connectivity index is 0. The normalized spacial score (nSPS) is 11.4. The summed E-state index contributed by atoms with van der Waals surface area (Å²) in [6, 6.07) is 0. The molecule has 0 fully saturated rings. The van der Waals surface area contributed by atoms with Crippen LogP contribution >= 0.6 is 0 Å². The number of carbonyl (C=O) groups excluding carboxylic acids is 1. The Morgan fingerprint density at radius 3 is 1.16 bits per heavy atom. The van der Waals surface area contributed by atoms with Crippen molar-refractivity contribution < 1.29 is 47.9 Å². The molecule has 1 N–H and O–H groups in total. The molecule has 0 rings (SSSR count). The Morgan fingerprint density at radius 1 is 0.594 bits per heavy atom.